The lowest BCUT2D eigenvalue weighted by Crippen LogP contribution is -2.70. The van der Waals surface area contributed by atoms with Crippen molar-refractivity contribution in [3.63, 3.8) is 0 Å². The van der Waals surface area contributed by atoms with E-state index in [0.717, 1.165) is 11.8 Å². The normalized spacial score (nSPS) is 21.5. The van der Waals surface area contributed by atoms with Crippen molar-refractivity contribution in [2.45, 2.75) is 24.8 Å². The molecule has 1 aromatic heterocycles. The van der Waals surface area contributed by atoms with E-state index in [0.29, 0.717) is 22.2 Å². The number of carboxylic acids is 1. The van der Waals surface area contributed by atoms with Crippen molar-refractivity contribution in [3.8, 4) is 0 Å². The quantitative estimate of drug-likeness (QED) is 0.545. The van der Waals surface area contributed by atoms with Crippen molar-refractivity contribution >= 4 is 62.9 Å². The van der Waals surface area contributed by atoms with E-state index in [1.54, 1.807) is 5.38 Å². The van der Waals surface area contributed by atoms with Crippen molar-refractivity contribution in [2.24, 2.45) is 0 Å². The van der Waals surface area contributed by atoms with Crippen molar-refractivity contribution in [2.75, 3.05) is 17.2 Å². The Morgan fingerprint density at radius 1 is 1.48 bits per heavy atom. The molecule has 0 saturated carbocycles. The molecule has 1 aromatic rings. The number of aliphatic carboxylic acids is 1. The molecule has 3 rings (SSSR count). The molecule has 3 heterocycles. The number of carbonyl (C=O) groups excluding carboxylic acids is 3. The van der Waals surface area contributed by atoms with Crippen LogP contribution in [0.4, 0.5) is 5.13 Å². The van der Waals surface area contributed by atoms with Crippen molar-refractivity contribution < 1.29 is 24.3 Å². The number of amides is 2. The fourth-order valence-electron chi connectivity index (χ4n) is 2.78. The molecule has 27 heavy (non-hydrogen) atoms. The maximum Gasteiger partial charge on any atom is 0.352 e. The summed E-state index contributed by atoms with van der Waals surface area (Å²) in [6, 6.07) is -0.783. The number of thiazole rings is 1. The van der Waals surface area contributed by atoms with E-state index < -0.39 is 23.3 Å². The molecule has 0 aliphatic carbocycles. The molecule has 2 amide bonds. The minimum Gasteiger partial charge on any atom is -0.477 e. The van der Waals surface area contributed by atoms with Gasteiger partial charge in [0, 0.05) is 23.8 Å². The monoisotopic (exact) mass is 428 g/mol. The fraction of sp³-hybridized carbons (Fsp3) is 0.400. The van der Waals surface area contributed by atoms with E-state index in [1.165, 1.54) is 34.9 Å². The molecule has 0 aromatic carbocycles. The number of rotatable bonds is 6. The lowest BCUT2D eigenvalue weighted by molar-refractivity contribution is -0.150. The summed E-state index contributed by atoms with van der Waals surface area (Å²) in [7, 11) is 0. The van der Waals surface area contributed by atoms with Crippen LogP contribution >= 0.6 is 34.9 Å². The topological polar surface area (TPSA) is 143 Å². The highest BCUT2D eigenvalue weighted by Crippen LogP contribution is 2.41. The number of hydrogen-bond acceptors (Lipinski definition) is 9. The predicted molar refractivity (Wildman–Crippen MR) is 103 cm³/mol. The zero-order valence-corrected chi connectivity index (χ0v) is 16.6. The number of hydrogen-bond donors (Lipinski definition) is 3. The van der Waals surface area contributed by atoms with E-state index in [2.05, 4.69) is 10.3 Å². The first-order valence-corrected chi connectivity index (χ1v) is 10.7. The number of anilines is 1. The molecule has 144 valence electrons. The lowest BCUT2D eigenvalue weighted by Gasteiger charge is -2.49. The van der Waals surface area contributed by atoms with Crippen LogP contribution in [0.2, 0.25) is 0 Å². The van der Waals surface area contributed by atoms with Gasteiger partial charge in [-0.2, -0.15) is 0 Å². The molecule has 2 aliphatic rings. The number of thioether (sulfide) groups is 2. The van der Waals surface area contributed by atoms with Crippen LogP contribution in [0.3, 0.4) is 0 Å². The Balaban J connectivity index is 1.68. The molecule has 1 fully saturated rings. The summed E-state index contributed by atoms with van der Waals surface area (Å²) in [4.78, 5) is 52.7. The van der Waals surface area contributed by atoms with Gasteiger partial charge in [0.15, 0.2) is 10.2 Å². The highest BCUT2D eigenvalue weighted by Gasteiger charge is 2.54. The molecule has 12 heteroatoms. The first-order valence-electron chi connectivity index (χ1n) is 7.80. The Bertz CT molecular complexity index is 852. The van der Waals surface area contributed by atoms with Gasteiger partial charge in [-0.15, -0.1) is 23.1 Å². The third-order valence-corrected chi connectivity index (χ3v) is 6.89. The van der Waals surface area contributed by atoms with Crippen LogP contribution in [0.1, 0.15) is 12.6 Å². The first kappa shape index (κ1) is 19.7. The highest BCUT2D eigenvalue weighted by atomic mass is 32.2. The van der Waals surface area contributed by atoms with Gasteiger partial charge in [-0.05, 0) is 5.57 Å². The van der Waals surface area contributed by atoms with Crippen LogP contribution in [-0.4, -0.2) is 60.8 Å². The SMILES string of the molecule is CC(=O)SCC1=C(C(=O)O)N2C(=O)C(NC(=O)Cc3csc(N)n3)[C@H]2SC1. The maximum absolute atomic E-state index is 12.5. The van der Waals surface area contributed by atoms with Gasteiger partial charge in [-0.1, -0.05) is 11.8 Å². The average Bonchev–Trinajstić information content (AvgIpc) is 3.01. The fourth-order valence-corrected chi connectivity index (χ4v) is 5.43. The van der Waals surface area contributed by atoms with Crippen molar-refractivity contribution in [1.82, 2.24) is 15.2 Å². The standard InChI is InChI=1S/C15H16N4O5S3/c1-6(20)25-3-7-4-26-13-10(12(22)19(13)11(7)14(23)24)18-9(21)2-8-5-27-15(16)17-8/h5,10,13H,2-4H2,1H3,(H2,16,17)(H,18,21)(H,23,24)/t10?,13-/m1/s1. The predicted octanol–water partition coefficient (Wildman–Crippen LogP) is 0.286. The maximum atomic E-state index is 12.5. The Kier molecular flexibility index (Phi) is 5.77. The molecule has 1 unspecified atom stereocenters. The lowest BCUT2D eigenvalue weighted by atomic mass is 10.0. The van der Waals surface area contributed by atoms with Gasteiger partial charge in [0.2, 0.25) is 5.91 Å². The van der Waals surface area contributed by atoms with Crippen molar-refractivity contribution in [3.05, 3.63) is 22.3 Å². The van der Waals surface area contributed by atoms with Gasteiger partial charge in [0.1, 0.15) is 17.1 Å². The molecular formula is C15H16N4O5S3. The van der Waals surface area contributed by atoms with Gasteiger partial charge in [0.05, 0.1) is 12.1 Å². The van der Waals surface area contributed by atoms with E-state index in [4.69, 9.17) is 5.73 Å². The minimum atomic E-state index is -1.21. The molecule has 9 nitrogen and oxygen atoms in total. The number of nitrogens with two attached hydrogens (primary N) is 1. The van der Waals surface area contributed by atoms with E-state index in [1.807, 2.05) is 0 Å². The van der Waals surface area contributed by atoms with Gasteiger partial charge in [0.25, 0.3) is 5.91 Å². The van der Waals surface area contributed by atoms with E-state index in [9.17, 15) is 24.3 Å². The number of carboxylic acid groups (broad SMARTS) is 1. The second-order valence-electron chi connectivity index (χ2n) is 5.85. The van der Waals surface area contributed by atoms with Crippen LogP contribution in [0.25, 0.3) is 0 Å². The summed E-state index contributed by atoms with van der Waals surface area (Å²) < 4.78 is 0. The van der Waals surface area contributed by atoms with E-state index in [-0.39, 0.29) is 28.9 Å². The molecule has 2 aliphatic heterocycles. The molecular weight excluding hydrogens is 412 g/mol. The van der Waals surface area contributed by atoms with Gasteiger partial charge in [-0.25, -0.2) is 9.78 Å². The van der Waals surface area contributed by atoms with E-state index >= 15 is 0 Å². The summed E-state index contributed by atoms with van der Waals surface area (Å²) in [5, 5.41) is 13.6. The Hall–Kier alpha value is -2.05. The Labute approximate surface area is 166 Å². The second-order valence-corrected chi connectivity index (χ2v) is 8.99. The molecule has 0 radical (unpaired) electrons. The number of nitrogens with one attached hydrogen (secondary N) is 1. The summed E-state index contributed by atoms with van der Waals surface area (Å²) in [5.41, 5.74) is 6.49. The summed E-state index contributed by atoms with van der Waals surface area (Å²) in [6.45, 7) is 1.40. The summed E-state index contributed by atoms with van der Waals surface area (Å²) in [5.74, 6) is -1.46. The third kappa shape index (κ3) is 4.12. The molecule has 4 N–H and O–H groups in total. The summed E-state index contributed by atoms with van der Waals surface area (Å²) in [6.07, 6.45) is -0.00298. The Morgan fingerprint density at radius 2 is 2.22 bits per heavy atom. The number of fused-ring (bicyclic) bond motifs is 1. The zero-order chi connectivity index (χ0) is 19.7. The molecule has 1 saturated heterocycles. The number of nitrogens with zero attached hydrogens (tertiary/aromatic N) is 2. The molecule has 0 spiro atoms. The first-order chi connectivity index (χ1) is 12.8. The minimum absolute atomic E-state index is 0.00298. The van der Waals surface area contributed by atoms with Crippen LogP contribution in [-0.2, 0) is 25.6 Å². The second kappa shape index (κ2) is 7.90. The third-order valence-electron chi connectivity index (χ3n) is 3.93. The Morgan fingerprint density at radius 3 is 2.81 bits per heavy atom. The van der Waals surface area contributed by atoms with Crippen LogP contribution in [0, 0.1) is 0 Å². The summed E-state index contributed by atoms with van der Waals surface area (Å²) >= 11 is 3.60. The van der Waals surface area contributed by atoms with Gasteiger partial charge >= 0.3 is 5.97 Å². The number of β-lactam (4-membered cyclic amide) rings is 1. The highest BCUT2D eigenvalue weighted by molar-refractivity contribution is 8.13. The number of nitrogen functional groups attached to an aromatic ring is 1. The van der Waals surface area contributed by atoms with Gasteiger partial charge in [-0.3, -0.25) is 19.3 Å². The van der Waals surface area contributed by atoms with Crippen LogP contribution in [0.5, 0.6) is 0 Å². The average molecular weight is 429 g/mol. The molecule has 0 bridgehead atoms. The molecule has 2 atom stereocenters. The smallest absolute Gasteiger partial charge is 0.352 e. The zero-order valence-electron chi connectivity index (χ0n) is 14.1. The van der Waals surface area contributed by atoms with Crippen LogP contribution in [0.15, 0.2) is 16.7 Å². The van der Waals surface area contributed by atoms with Crippen molar-refractivity contribution in [1.29, 1.82) is 0 Å². The number of carbonyl (C=O) groups is 4. The largest absolute Gasteiger partial charge is 0.477 e. The van der Waals surface area contributed by atoms with Gasteiger partial charge < -0.3 is 16.2 Å². The van der Waals surface area contributed by atoms with Crippen LogP contribution < -0.4 is 11.1 Å². The number of aromatic nitrogens is 1.